The number of nitrogens with one attached hydrogen (secondary N) is 1. The summed E-state index contributed by atoms with van der Waals surface area (Å²) in [5.74, 6) is 0.822. The molecule has 10 heavy (non-hydrogen) atoms. The smallest absolute Gasteiger partial charge is 0.146 e. The van der Waals surface area contributed by atoms with E-state index in [1.54, 1.807) is 0 Å². The summed E-state index contributed by atoms with van der Waals surface area (Å²) in [5.41, 5.74) is 5.47. The van der Waals surface area contributed by atoms with E-state index in [0.717, 1.165) is 13.0 Å². The number of hydrogen-bond donors (Lipinski definition) is 2. The van der Waals surface area contributed by atoms with E-state index in [9.17, 15) is 4.79 Å². The summed E-state index contributed by atoms with van der Waals surface area (Å²) in [6.07, 6.45) is 1.66. The largest absolute Gasteiger partial charge is 0.330 e. The van der Waals surface area contributed by atoms with Crippen LogP contribution in [0, 0.1) is 5.92 Å². The van der Waals surface area contributed by atoms with Crippen LogP contribution in [0.2, 0.25) is 0 Å². The number of nitrogens with two attached hydrogens (primary N) is 1. The van der Waals surface area contributed by atoms with E-state index < -0.39 is 0 Å². The molecule has 1 atom stereocenters. The third-order valence-corrected chi connectivity index (χ3v) is 1.92. The van der Waals surface area contributed by atoms with Crippen LogP contribution in [0.4, 0.5) is 0 Å². The number of rotatable bonds is 1. The van der Waals surface area contributed by atoms with Gasteiger partial charge >= 0.3 is 0 Å². The molecule has 1 saturated heterocycles. The second kappa shape index (κ2) is 3.68. The highest BCUT2D eigenvalue weighted by Gasteiger charge is 2.13. The molecule has 1 rings (SSSR count). The Hall–Kier alpha value is -0.410. The van der Waals surface area contributed by atoms with Crippen molar-refractivity contribution in [2.45, 2.75) is 12.8 Å². The summed E-state index contributed by atoms with van der Waals surface area (Å²) in [6, 6.07) is 0. The molecule has 0 amide bonds. The van der Waals surface area contributed by atoms with Crippen LogP contribution in [0.5, 0.6) is 0 Å². The molecule has 1 fully saturated rings. The predicted molar refractivity (Wildman–Crippen MR) is 39.7 cm³/mol. The molecule has 3 heteroatoms. The van der Waals surface area contributed by atoms with Gasteiger partial charge in [-0.3, -0.25) is 4.79 Å². The fourth-order valence-electron chi connectivity index (χ4n) is 1.17. The van der Waals surface area contributed by atoms with Crippen LogP contribution in [0.1, 0.15) is 12.8 Å². The second-order valence-corrected chi connectivity index (χ2v) is 2.81. The molecule has 1 heterocycles. The van der Waals surface area contributed by atoms with Crippen molar-refractivity contribution < 1.29 is 4.79 Å². The van der Waals surface area contributed by atoms with Crippen LogP contribution in [0.15, 0.2) is 0 Å². The maximum absolute atomic E-state index is 10.8. The molecular formula is C7H14N2O. The van der Waals surface area contributed by atoms with E-state index in [-0.39, 0.29) is 0 Å². The van der Waals surface area contributed by atoms with Gasteiger partial charge in [0.25, 0.3) is 0 Å². The van der Waals surface area contributed by atoms with E-state index in [1.165, 1.54) is 0 Å². The summed E-state index contributed by atoms with van der Waals surface area (Å²) in [5, 5.41) is 3.07. The first-order valence-electron chi connectivity index (χ1n) is 3.75. The Morgan fingerprint density at radius 2 is 2.50 bits per heavy atom. The molecule has 0 unspecified atom stereocenters. The van der Waals surface area contributed by atoms with Crippen molar-refractivity contribution in [3.8, 4) is 0 Å². The van der Waals surface area contributed by atoms with Gasteiger partial charge in [-0.2, -0.15) is 0 Å². The molecule has 58 valence electrons. The number of carbonyl (C=O) groups excluding carboxylic acids is 1. The van der Waals surface area contributed by atoms with Crippen LogP contribution < -0.4 is 11.1 Å². The van der Waals surface area contributed by atoms with Crippen molar-refractivity contribution in [1.29, 1.82) is 0 Å². The molecule has 0 aromatic carbocycles. The SMILES string of the molecule is NC[C@@H]1CCC(=O)CNC1. The Labute approximate surface area is 61.0 Å². The van der Waals surface area contributed by atoms with Crippen molar-refractivity contribution in [2.75, 3.05) is 19.6 Å². The van der Waals surface area contributed by atoms with Gasteiger partial charge in [0, 0.05) is 6.42 Å². The molecule has 1 aliphatic rings. The number of carbonyl (C=O) groups is 1. The number of hydrogen-bond acceptors (Lipinski definition) is 3. The lowest BCUT2D eigenvalue weighted by Gasteiger charge is -2.08. The first kappa shape index (κ1) is 7.69. The third kappa shape index (κ3) is 2.08. The molecule has 0 saturated carbocycles. The maximum atomic E-state index is 10.8. The van der Waals surface area contributed by atoms with Crippen molar-refractivity contribution >= 4 is 5.78 Å². The van der Waals surface area contributed by atoms with Crippen molar-refractivity contribution in [2.24, 2.45) is 11.7 Å². The Morgan fingerprint density at radius 1 is 1.70 bits per heavy atom. The van der Waals surface area contributed by atoms with E-state index >= 15 is 0 Å². The molecule has 0 spiro atoms. The zero-order chi connectivity index (χ0) is 7.40. The first-order chi connectivity index (χ1) is 4.83. The van der Waals surface area contributed by atoms with E-state index in [0.29, 0.717) is 31.2 Å². The van der Waals surface area contributed by atoms with Crippen molar-refractivity contribution in [3.05, 3.63) is 0 Å². The van der Waals surface area contributed by atoms with E-state index in [2.05, 4.69) is 5.32 Å². The quantitative estimate of drug-likeness (QED) is 0.519. The van der Waals surface area contributed by atoms with Crippen molar-refractivity contribution in [3.63, 3.8) is 0 Å². The standard InChI is InChI=1S/C7H14N2O/c8-3-6-1-2-7(10)5-9-4-6/h6,9H,1-5,8H2/t6-/m0/s1. The molecule has 0 aliphatic carbocycles. The van der Waals surface area contributed by atoms with Crippen LogP contribution in [0.3, 0.4) is 0 Å². The lowest BCUT2D eigenvalue weighted by Crippen LogP contribution is -2.27. The van der Waals surface area contributed by atoms with E-state index in [1.807, 2.05) is 0 Å². The van der Waals surface area contributed by atoms with Crippen LogP contribution in [0.25, 0.3) is 0 Å². The molecule has 0 aromatic heterocycles. The van der Waals surface area contributed by atoms with Crippen LogP contribution >= 0.6 is 0 Å². The van der Waals surface area contributed by atoms with Gasteiger partial charge in [-0.25, -0.2) is 0 Å². The van der Waals surface area contributed by atoms with Crippen LogP contribution in [-0.2, 0) is 4.79 Å². The Morgan fingerprint density at radius 3 is 3.20 bits per heavy atom. The normalized spacial score (nSPS) is 28.1. The van der Waals surface area contributed by atoms with Crippen LogP contribution in [-0.4, -0.2) is 25.4 Å². The summed E-state index contributed by atoms with van der Waals surface area (Å²) >= 11 is 0. The highest BCUT2D eigenvalue weighted by Crippen LogP contribution is 2.06. The molecule has 0 bridgehead atoms. The topological polar surface area (TPSA) is 55.1 Å². The lowest BCUT2D eigenvalue weighted by atomic mass is 10.0. The fraction of sp³-hybridized carbons (Fsp3) is 0.857. The monoisotopic (exact) mass is 142 g/mol. The highest BCUT2D eigenvalue weighted by atomic mass is 16.1. The summed E-state index contributed by atoms with van der Waals surface area (Å²) in [6.45, 7) is 2.14. The van der Waals surface area contributed by atoms with Gasteiger partial charge in [0.1, 0.15) is 5.78 Å². The zero-order valence-corrected chi connectivity index (χ0v) is 6.10. The summed E-state index contributed by atoms with van der Waals surface area (Å²) in [7, 11) is 0. The molecule has 3 N–H and O–H groups in total. The van der Waals surface area contributed by atoms with Crippen molar-refractivity contribution in [1.82, 2.24) is 5.32 Å². The summed E-state index contributed by atoms with van der Waals surface area (Å²) < 4.78 is 0. The van der Waals surface area contributed by atoms with Gasteiger partial charge in [-0.15, -0.1) is 0 Å². The average molecular weight is 142 g/mol. The molecule has 1 aliphatic heterocycles. The summed E-state index contributed by atoms with van der Waals surface area (Å²) in [4.78, 5) is 10.8. The van der Waals surface area contributed by atoms with Gasteiger partial charge in [0.2, 0.25) is 0 Å². The van der Waals surface area contributed by atoms with Gasteiger partial charge in [-0.05, 0) is 25.4 Å². The fourth-order valence-corrected chi connectivity index (χ4v) is 1.17. The number of ketones is 1. The average Bonchev–Trinajstić information content (AvgIpc) is 2.14. The van der Waals surface area contributed by atoms with Gasteiger partial charge in [0.15, 0.2) is 0 Å². The molecular weight excluding hydrogens is 128 g/mol. The lowest BCUT2D eigenvalue weighted by molar-refractivity contribution is -0.118. The Balaban J connectivity index is 2.33. The Kier molecular flexibility index (Phi) is 2.83. The second-order valence-electron chi connectivity index (χ2n) is 2.81. The van der Waals surface area contributed by atoms with Gasteiger partial charge in [-0.1, -0.05) is 0 Å². The predicted octanol–water partition coefficient (Wildman–Crippen LogP) is -0.486. The minimum Gasteiger partial charge on any atom is -0.330 e. The molecule has 0 radical (unpaired) electrons. The minimum absolute atomic E-state index is 0.316. The first-order valence-corrected chi connectivity index (χ1v) is 3.75. The zero-order valence-electron chi connectivity index (χ0n) is 6.10. The number of Topliss-reactive ketones (excluding diaryl/α,β-unsaturated/α-hetero) is 1. The Bertz CT molecular complexity index is 125. The maximum Gasteiger partial charge on any atom is 0.146 e. The van der Waals surface area contributed by atoms with E-state index in [4.69, 9.17) is 5.73 Å². The molecule has 0 aromatic rings. The minimum atomic E-state index is 0.316. The van der Waals surface area contributed by atoms with Gasteiger partial charge in [0.05, 0.1) is 6.54 Å². The van der Waals surface area contributed by atoms with Gasteiger partial charge < -0.3 is 11.1 Å². The third-order valence-electron chi connectivity index (χ3n) is 1.92. The molecule has 3 nitrogen and oxygen atoms in total. The highest BCUT2D eigenvalue weighted by molar-refractivity contribution is 5.80.